The fourth-order valence-electron chi connectivity index (χ4n) is 2.36. The smallest absolute Gasteiger partial charge is 0.201 e. The molecule has 4 heteroatoms. The Morgan fingerprint density at radius 2 is 1.80 bits per heavy atom. The van der Waals surface area contributed by atoms with Gasteiger partial charge in [-0.05, 0) is 29.7 Å². The van der Waals surface area contributed by atoms with E-state index in [9.17, 15) is 0 Å². The number of aryl methyl sites for hydroxylation is 1. The van der Waals surface area contributed by atoms with E-state index in [2.05, 4.69) is 36.2 Å². The first-order valence-electron chi connectivity index (χ1n) is 6.67. The lowest BCUT2D eigenvalue weighted by Gasteiger charge is -2.07. The molecule has 0 aliphatic heterocycles. The molecule has 3 nitrogen and oxygen atoms in total. The van der Waals surface area contributed by atoms with Gasteiger partial charge in [0.15, 0.2) is 0 Å². The van der Waals surface area contributed by atoms with E-state index in [4.69, 9.17) is 17.3 Å². The molecule has 0 amide bonds. The summed E-state index contributed by atoms with van der Waals surface area (Å²) < 4.78 is 1.99. The summed E-state index contributed by atoms with van der Waals surface area (Å²) in [7, 11) is 0. The second-order valence-electron chi connectivity index (χ2n) is 4.83. The van der Waals surface area contributed by atoms with E-state index < -0.39 is 0 Å². The van der Waals surface area contributed by atoms with E-state index in [1.807, 2.05) is 22.8 Å². The van der Waals surface area contributed by atoms with Gasteiger partial charge >= 0.3 is 0 Å². The number of hydrogen-bond donors (Lipinski definition) is 1. The number of rotatable bonds is 3. The maximum atomic E-state index is 6.15. The summed E-state index contributed by atoms with van der Waals surface area (Å²) in [6.45, 7) is 2.85. The predicted molar refractivity (Wildman–Crippen MR) is 84.1 cm³/mol. The average Bonchev–Trinajstić information content (AvgIpc) is 2.78. The van der Waals surface area contributed by atoms with Crippen molar-refractivity contribution in [2.45, 2.75) is 19.9 Å². The zero-order valence-electron chi connectivity index (χ0n) is 11.3. The summed E-state index contributed by atoms with van der Waals surface area (Å²) in [5.74, 6) is 0.493. The van der Waals surface area contributed by atoms with Crippen molar-refractivity contribution in [2.75, 3.05) is 5.73 Å². The molecule has 2 N–H and O–H groups in total. The molecule has 0 atom stereocenters. The first kappa shape index (κ1) is 13.0. The number of benzene rings is 2. The molecular weight excluding hydrogens is 270 g/mol. The number of fused-ring (bicyclic) bond motifs is 1. The van der Waals surface area contributed by atoms with Gasteiger partial charge in [0.2, 0.25) is 5.95 Å². The van der Waals surface area contributed by atoms with E-state index in [0.29, 0.717) is 17.5 Å². The Hall–Kier alpha value is -2.00. The topological polar surface area (TPSA) is 43.8 Å². The third kappa shape index (κ3) is 2.25. The molecule has 0 fully saturated rings. The van der Waals surface area contributed by atoms with Crippen LogP contribution in [0, 0.1) is 0 Å². The molecule has 0 aliphatic carbocycles. The zero-order chi connectivity index (χ0) is 14.1. The highest BCUT2D eigenvalue weighted by molar-refractivity contribution is 6.35. The van der Waals surface area contributed by atoms with Crippen LogP contribution in [0.5, 0.6) is 0 Å². The van der Waals surface area contributed by atoms with Crippen molar-refractivity contribution < 1.29 is 0 Å². The van der Waals surface area contributed by atoms with Crippen LogP contribution in [0.2, 0.25) is 5.02 Å². The lowest BCUT2D eigenvalue weighted by Crippen LogP contribution is -2.04. The third-order valence-electron chi connectivity index (χ3n) is 3.53. The van der Waals surface area contributed by atoms with Crippen molar-refractivity contribution in [3.05, 3.63) is 58.6 Å². The summed E-state index contributed by atoms with van der Waals surface area (Å²) in [5.41, 5.74) is 10.3. The van der Waals surface area contributed by atoms with Crippen LogP contribution in [0.3, 0.4) is 0 Å². The second-order valence-corrected chi connectivity index (χ2v) is 5.24. The lowest BCUT2D eigenvalue weighted by molar-refractivity contribution is 0.837. The Bertz CT molecular complexity index is 744. The van der Waals surface area contributed by atoms with Crippen molar-refractivity contribution in [3.8, 4) is 0 Å². The monoisotopic (exact) mass is 285 g/mol. The maximum absolute atomic E-state index is 6.15. The quantitative estimate of drug-likeness (QED) is 0.793. The Balaban J connectivity index is 2.01. The van der Waals surface area contributed by atoms with Crippen LogP contribution in [0.4, 0.5) is 5.95 Å². The zero-order valence-corrected chi connectivity index (χ0v) is 12.1. The number of nitrogens with zero attached hydrogens (tertiary/aromatic N) is 2. The summed E-state index contributed by atoms with van der Waals surface area (Å²) in [6.07, 6.45) is 1.05. The number of imidazole rings is 1. The summed E-state index contributed by atoms with van der Waals surface area (Å²) in [5, 5.41) is 0.634. The Morgan fingerprint density at radius 3 is 2.50 bits per heavy atom. The highest BCUT2D eigenvalue weighted by Crippen LogP contribution is 2.25. The number of halogens is 1. The second kappa shape index (κ2) is 5.17. The number of hydrogen-bond acceptors (Lipinski definition) is 2. The molecule has 20 heavy (non-hydrogen) atoms. The van der Waals surface area contributed by atoms with E-state index in [-0.39, 0.29) is 0 Å². The van der Waals surface area contributed by atoms with Crippen LogP contribution in [-0.4, -0.2) is 9.55 Å². The van der Waals surface area contributed by atoms with Crippen molar-refractivity contribution in [3.63, 3.8) is 0 Å². The van der Waals surface area contributed by atoms with Gasteiger partial charge in [-0.15, -0.1) is 0 Å². The minimum Gasteiger partial charge on any atom is -0.369 e. The summed E-state index contributed by atoms with van der Waals surface area (Å²) in [4.78, 5) is 4.35. The molecule has 0 radical (unpaired) electrons. The van der Waals surface area contributed by atoms with Crippen molar-refractivity contribution in [2.24, 2.45) is 0 Å². The molecule has 0 aliphatic rings. The molecule has 0 spiro atoms. The first-order valence-corrected chi connectivity index (χ1v) is 7.05. The van der Waals surface area contributed by atoms with E-state index in [1.54, 1.807) is 0 Å². The Labute approximate surface area is 123 Å². The van der Waals surface area contributed by atoms with Gasteiger partial charge in [0.25, 0.3) is 0 Å². The standard InChI is InChI=1S/C16H16ClN3/c1-2-11-6-8-12(9-7-11)10-20-14-5-3-4-13(17)15(14)19-16(20)18/h3-9H,2,10H2,1H3,(H2,18,19). The van der Waals surface area contributed by atoms with Gasteiger partial charge in [-0.3, -0.25) is 0 Å². The summed E-state index contributed by atoms with van der Waals surface area (Å²) >= 11 is 6.15. The van der Waals surface area contributed by atoms with E-state index in [0.717, 1.165) is 17.5 Å². The van der Waals surface area contributed by atoms with Gasteiger partial charge in [0, 0.05) is 0 Å². The molecule has 102 valence electrons. The molecule has 0 unspecified atom stereocenters. The number of nitrogen functional groups attached to an aromatic ring is 1. The molecule has 3 aromatic rings. The third-order valence-corrected chi connectivity index (χ3v) is 3.84. The van der Waals surface area contributed by atoms with Crippen LogP contribution in [0.25, 0.3) is 11.0 Å². The minimum atomic E-state index is 0.493. The fourth-order valence-corrected chi connectivity index (χ4v) is 2.57. The number of nitrogens with two attached hydrogens (primary N) is 1. The Kier molecular flexibility index (Phi) is 3.36. The fraction of sp³-hybridized carbons (Fsp3) is 0.188. The van der Waals surface area contributed by atoms with Crippen molar-refractivity contribution in [1.82, 2.24) is 9.55 Å². The van der Waals surface area contributed by atoms with Gasteiger partial charge in [-0.1, -0.05) is 48.9 Å². The minimum absolute atomic E-state index is 0.493. The highest BCUT2D eigenvalue weighted by atomic mass is 35.5. The van der Waals surface area contributed by atoms with Gasteiger partial charge in [0.1, 0.15) is 5.52 Å². The summed E-state index contributed by atoms with van der Waals surface area (Å²) in [6, 6.07) is 14.3. The van der Waals surface area contributed by atoms with Gasteiger partial charge in [-0.25, -0.2) is 4.98 Å². The maximum Gasteiger partial charge on any atom is 0.201 e. The highest BCUT2D eigenvalue weighted by Gasteiger charge is 2.10. The average molecular weight is 286 g/mol. The number of para-hydroxylation sites is 1. The van der Waals surface area contributed by atoms with Crippen LogP contribution in [-0.2, 0) is 13.0 Å². The lowest BCUT2D eigenvalue weighted by atomic mass is 10.1. The Morgan fingerprint density at radius 1 is 1.10 bits per heavy atom. The van der Waals surface area contributed by atoms with Crippen LogP contribution in [0.15, 0.2) is 42.5 Å². The normalized spacial score (nSPS) is 11.1. The van der Waals surface area contributed by atoms with Crippen molar-refractivity contribution in [1.29, 1.82) is 0 Å². The molecule has 0 saturated heterocycles. The molecule has 1 aromatic heterocycles. The molecule has 0 bridgehead atoms. The molecule has 1 heterocycles. The predicted octanol–water partition coefficient (Wildman–Crippen LogP) is 3.88. The number of anilines is 1. The van der Waals surface area contributed by atoms with E-state index >= 15 is 0 Å². The van der Waals surface area contributed by atoms with Crippen molar-refractivity contribution >= 4 is 28.6 Å². The molecule has 3 rings (SSSR count). The SMILES string of the molecule is CCc1ccc(Cn2c(N)nc3c(Cl)cccc32)cc1. The van der Waals surface area contributed by atoms with Gasteiger partial charge in [0.05, 0.1) is 17.1 Å². The van der Waals surface area contributed by atoms with Crippen LogP contribution in [0.1, 0.15) is 18.1 Å². The van der Waals surface area contributed by atoms with Crippen LogP contribution < -0.4 is 5.73 Å². The molecule has 2 aromatic carbocycles. The first-order chi connectivity index (χ1) is 9.69. The molecular formula is C16H16ClN3. The van der Waals surface area contributed by atoms with Crippen LogP contribution >= 0.6 is 11.6 Å². The largest absolute Gasteiger partial charge is 0.369 e. The van der Waals surface area contributed by atoms with Gasteiger partial charge < -0.3 is 10.3 Å². The van der Waals surface area contributed by atoms with E-state index in [1.165, 1.54) is 11.1 Å². The van der Waals surface area contributed by atoms with Gasteiger partial charge in [-0.2, -0.15) is 0 Å². The molecule has 0 saturated carbocycles. The number of aromatic nitrogens is 2.